The number of hydrogen-bond donors (Lipinski definition) is 1. The highest BCUT2D eigenvalue weighted by molar-refractivity contribution is 5.96. The fourth-order valence-corrected chi connectivity index (χ4v) is 1.70. The molecule has 4 heteroatoms. The van der Waals surface area contributed by atoms with E-state index in [-0.39, 0.29) is 11.8 Å². The van der Waals surface area contributed by atoms with Gasteiger partial charge in [0.1, 0.15) is 0 Å². The molecule has 88 valence electrons. The highest BCUT2D eigenvalue weighted by atomic mass is 16.1. The molecular formula is C13H15N3O. The Morgan fingerprint density at radius 3 is 2.71 bits per heavy atom. The van der Waals surface area contributed by atoms with Crippen molar-refractivity contribution in [3.8, 4) is 0 Å². The molecule has 0 aliphatic heterocycles. The largest absolute Gasteiger partial charge is 0.324 e. The van der Waals surface area contributed by atoms with Crippen molar-refractivity contribution in [2.24, 2.45) is 12.8 Å². The number of aromatic nitrogens is 2. The Bertz CT molecular complexity index is 504. The van der Waals surface area contributed by atoms with Crippen LogP contribution < -0.4 is 5.73 Å². The molecule has 0 aliphatic rings. The van der Waals surface area contributed by atoms with Crippen LogP contribution in [0, 0.1) is 0 Å². The van der Waals surface area contributed by atoms with Crippen LogP contribution in [-0.4, -0.2) is 15.6 Å². The standard InChI is InChI=1S/C13H15N3O/c1-16-9-11(8-15-16)13(17)7-12(14)10-5-3-2-4-6-10/h2-6,8-9,12H,7,14H2,1H3. The fourth-order valence-electron chi connectivity index (χ4n) is 1.70. The Morgan fingerprint density at radius 1 is 1.41 bits per heavy atom. The zero-order valence-corrected chi connectivity index (χ0v) is 9.71. The van der Waals surface area contributed by atoms with Crippen LogP contribution in [0.1, 0.15) is 28.4 Å². The molecule has 0 aliphatic carbocycles. The van der Waals surface area contributed by atoms with E-state index in [2.05, 4.69) is 5.10 Å². The predicted molar refractivity (Wildman–Crippen MR) is 65.5 cm³/mol. The van der Waals surface area contributed by atoms with Crippen molar-refractivity contribution in [1.29, 1.82) is 0 Å². The Hall–Kier alpha value is -1.94. The SMILES string of the molecule is Cn1cc(C(=O)CC(N)c2ccccc2)cn1. The molecule has 0 saturated heterocycles. The van der Waals surface area contributed by atoms with Gasteiger partial charge in [0.05, 0.1) is 11.8 Å². The van der Waals surface area contributed by atoms with Gasteiger partial charge in [-0.15, -0.1) is 0 Å². The van der Waals surface area contributed by atoms with Crippen molar-refractivity contribution in [2.75, 3.05) is 0 Å². The molecule has 1 aromatic carbocycles. The molecule has 2 N–H and O–H groups in total. The summed E-state index contributed by atoms with van der Waals surface area (Å²) in [6.45, 7) is 0. The molecule has 0 spiro atoms. The van der Waals surface area contributed by atoms with Crippen molar-refractivity contribution in [3.05, 3.63) is 53.9 Å². The van der Waals surface area contributed by atoms with Crippen molar-refractivity contribution in [2.45, 2.75) is 12.5 Å². The van der Waals surface area contributed by atoms with E-state index in [9.17, 15) is 4.79 Å². The summed E-state index contributed by atoms with van der Waals surface area (Å²) in [5.41, 5.74) is 7.58. The summed E-state index contributed by atoms with van der Waals surface area (Å²) in [5, 5.41) is 3.97. The van der Waals surface area contributed by atoms with Crippen molar-refractivity contribution < 1.29 is 4.79 Å². The van der Waals surface area contributed by atoms with Crippen molar-refractivity contribution in [3.63, 3.8) is 0 Å². The maximum atomic E-state index is 11.9. The first-order valence-corrected chi connectivity index (χ1v) is 5.49. The lowest BCUT2D eigenvalue weighted by atomic mass is 10.0. The highest BCUT2D eigenvalue weighted by Crippen LogP contribution is 2.16. The fraction of sp³-hybridized carbons (Fsp3) is 0.231. The molecule has 0 fully saturated rings. The lowest BCUT2D eigenvalue weighted by molar-refractivity contribution is 0.0974. The van der Waals surface area contributed by atoms with Gasteiger partial charge in [-0.3, -0.25) is 9.48 Å². The average molecular weight is 229 g/mol. The molecule has 0 saturated carbocycles. The average Bonchev–Trinajstić information content (AvgIpc) is 2.77. The van der Waals surface area contributed by atoms with E-state index >= 15 is 0 Å². The first kappa shape index (κ1) is 11.5. The number of Topliss-reactive ketones (excluding diaryl/α,β-unsaturated/α-hetero) is 1. The van der Waals surface area contributed by atoms with Crippen LogP contribution in [0.25, 0.3) is 0 Å². The van der Waals surface area contributed by atoms with Crippen LogP contribution in [0.15, 0.2) is 42.7 Å². The van der Waals surface area contributed by atoms with E-state index < -0.39 is 0 Å². The molecule has 4 nitrogen and oxygen atoms in total. The van der Waals surface area contributed by atoms with Crippen LogP contribution in [0.3, 0.4) is 0 Å². The Kier molecular flexibility index (Phi) is 3.35. The van der Waals surface area contributed by atoms with Gasteiger partial charge in [0.15, 0.2) is 5.78 Å². The molecule has 1 unspecified atom stereocenters. The van der Waals surface area contributed by atoms with Crippen molar-refractivity contribution >= 4 is 5.78 Å². The van der Waals surface area contributed by atoms with Gasteiger partial charge in [0.25, 0.3) is 0 Å². The second-order valence-electron chi connectivity index (χ2n) is 4.05. The molecule has 1 atom stereocenters. The lowest BCUT2D eigenvalue weighted by Gasteiger charge is -2.09. The first-order valence-electron chi connectivity index (χ1n) is 5.49. The number of carbonyl (C=O) groups excluding carboxylic acids is 1. The Labute approximate surface area is 100 Å². The van der Waals surface area contributed by atoms with Crippen molar-refractivity contribution in [1.82, 2.24) is 9.78 Å². The van der Waals surface area contributed by atoms with Crippen LogP contribution in [0.2, 0.25) is 0 Å². The summed E-state index contributed by atoms with van der Waals surface area (Å²) in [4.78, 5) is 11.9. The summed E-state index contributed by atoms with van der Waals surface area (Å²) in [6, 6.07) is 9.37. The van der Waals surface area contributed by atoms with Gasteiger partial charge < -0.3 is 5.73 Å². The molecule has 1 heterocycles. The maximum absolute atomic E-state index is 11.9. The monoisotopic (exact) mass is 229 g/mol. The van der Waals surface area contributed by atoms with Crippen LogP contribution in [0.5, 0.6) is 0 Å². The van der Waals surface area contributed by atoms with Gasteiger partial charge in [-0.05, 0) is 5.56 Å². The highest BCUT2D eigenvalue weighted by Gasteiger charge is 2.14. The van der Waals surface area contributed by atoms with Crippen LogP contribution >= 0.6 is 0 Å². The quantitative estimate of drug-likeness (QED) is 0.811. The number of carbonyl (C=O) groups is 1. The van der Waals surface area contributed by atoms with E-state index in [0.29, 0.717) is 12.0 Å². The number of rotatable bonds is 4. The Balaban J connectivity index is 2.04. The smallest absolute Gasteiger partial charge is 0.167 e. The van der Waals surface area contributed by atoms with Gasteiger partial charge in [0, 0.05) is 25.7 Å². The molecule has 0 radical (unpaired) electrons. The number of nitrogens with two attached hydrogens (primary N) is 1. The third kappa shape index (κ3) is 2.79. The van der Waals surface area contributed by atoms with Gasteiger partial charge in [-0.1, -0.05) is 30.3 Å². The molecular weight excluding hydrogens is 214 g/mol. The van der Waals surface area contributed by atoms with E-state index in [0.717, 1.165) is 5.56 Å². The molecule has 0 bridgehead atoms. The van der Waals surface area contributed by atoms with Gasteiger partial charge in [-0.2, -0.15) is 5.10 Å². The van der Waals surface area contributed by atoms with Gasteiger partial charge >= 0.3 is 0 Å². The molecule has 2 rings (SSSR count). The summed E-state index contributed by atoms with van der Waals surface area (Å²) in [6.07, 6.45) is 3.58. The number of ketones is 1. The number of aryl methyl sites for hydroxylation is 1. The first-order chi connectivity index (χ1) is 8.16. The Morgan fingerprint density at radius 2 is 2.12 bits per heavy atom. The molecule has 1 aromatic heterocycles. The number of benzene rings is 1. The van der Waals surface area contributed by atoms with Crippen LogP contribution in [0.4, 0.5) is 0 Å². The molecule has 2 aromatic rings. The minimum absolute atomic E-state index is 0.0226. The third-order valence-electron chi connectivity index (χ3n) is 2.66. The van der Waals surface area contributed by atoms with E-state index in [4.69, 9.17) is 5.73 Å². The summed E-state index contributed by atoms with van der Waals surface area (Å²) < 4.78 is 1.61. The lowest BCUT2D eigenvalue weighted by Crippen LogP contribution is -2.15. The van der Waals surface area contributed by atoms with Gasteiger partial charge in [0.2, 0.25) is 0 Å². The molecule has 0 amide bonds. The zero-order valence-electron chi connectivity index (χ0n) is 9.71. The van der Waals surface area contributed by atoms with E-state index in [1.165, 1.54) is 0 Å². The summed E-state index contributed by atoms with van der Waals surface area (Å²) in [7, 11) is 1.79. The minimum Gasteiger partial charge on any atom is -0.324 e. The number of nitrogens with zero attached hydrogens (tertiary/aromatic N) is 2. The van der Waals surface area contributed by atoms with E-state index in [1.807, 2.05) is 30.3 Å². The number of hydrogen-bond acceptors (Lipinski definition) is 3. The van der Waals surface area contributed by atoms with Gasteiger partial charge in [-0.25, -0.2) is 0 Å². The molecule has 17 heavy (non-hydrogen) atoms. The normalized spacial score (nSPS) is 12.4. The third-order valence-corrected chi connectivity index (χ3v) is 2.66. The zero-order chi connectivity index (χ0) is 12.3. The minimum atomic E-state index is -0.260. The predicted octanol–water partition coefficient (Wildman–Crippen LogP) is 1.69. The van der Waals surface area contributed by atoms with E-state index in [1.54, 1.807) is 24.1 Å². The second kappa shape index (κ2) is 4.93. The topological polar surface area (TPSA) is 60.9 Å². The summed E-state index contributed by atoms with van der Waals surface area (Å²) in [5.74, 6) is 0.0226. The maximum Gasteiger partial charge on any atom is 0.167 e. The second-order valence-corrected chi connectivity index (χ2v) is 4.05. The van der Waals surface area contributed by atoms with Crippen LogP contribution in [-0.2, 0) is 7.05 Å². The summed E-state index contributed by atoms with van der Waals surface area (Å²) >= 11 is 0.